The van der Waals surface area contributed by atoms with Crippen LogP contribution in [0.25, 0.3) is 0 Å². The normalized spacial score (nSPS) is 10.1. The van der Waals surface area contributed by atoms with E-state index in [0.29, 0.717) is 23.8 Å². The molecular weight excluding hydrogens is 370 g/mol. The predicted molar refractivity (Wildman–Crippen MR) is 109 cm³/mol. The number of nitrogens with one attached hydrogen (secondary N) is 1. The molecular formula is C23H21NO5. The molecule has 0 aliphatic rings. The van der Waals surface area contributed by atoms with Gasteiger partial charge in [0, 0.05) is 5.69 Å². The average Bonchev–Trinajstić information content (AvgIpc) is 2.75. The third-order valence-electron chi connectivity index (χ3n) is 3.86. The summed E-state index contributed by atoms with van der Waals surface area (Å²) >= 11 is 0. The fraction of sp³-hybridized carbons (Fsp3) is 0.130. The van der Waals surface area contributed by atoms with Gasteiger partial charge in [0.1, 0.15) is 22.8 Å². The van der Waals surface area contributed by atoms with Crippen molar-refractivity contribution in [3.63, 3.8) is 0 Å². The lowest BCUT2D eigenvalue weighted by atomic mass is 10.2. The fourth-order valence-electron chi connectivity index (χ4n) is 2.55. The molecule has 148 valence electrons. The molecule has 0 saturated heterocycles. The summed E-state index contributed by atoms with van der Waals surface area (Å²) in [6, 6.07) is 23.0. The molecule has 3 aromatic rings. The van der Waals surface area contributed by atoms with Crippen LogP contribution < -0.4 is 14.8 Å². The molecule has 0 heterocycles. The van der Waals surface area contributed by atoms with Crippen molar-refractivity contribution in [1.82, 2.24) is 0 Å². The highest BCUT2D eigenvalue weighted by Crippen LogP contribution is 2.23. The summed E-state index contributed by atoms with van der Waals surface area (Å²) in [4.78, 5) is 24.3. The number of benzene rings is 3. The largest absolute Gasteiger partial charge is 0.493 e. The monoisotopic (exact) mass is 391 g/mol. The smallest absolute Gasteiger partial charge is 0.342 e. The van der Waals surface area contributed by atoms with Crippen molar-refractivity contribution < 1.29 is 23.8 Å². The van der Waals surface area contributed by atoms with Crippen LogP contribution in [0.1, 0.15) is 17.3 Å². The minimum Gasteiger partial charge on any atom is -0.493 e. The lowest BCUT2D eigenvalue weighted by Crippen LogP contribution is -2.21. The molecule has 1 N–H and O–H groups in total. The Morgan fingerprint density at radius 2 is 1.48 bits per heavy atom. The Bertz CT molecular complexity index is 955. The lowest BCUT2D eigenvalue weighted by Gasteiger charge is -2.10. The van der Waals surface area contributed by atoms with Crippen molar-refractivity contribution in [2.75, 3.05) is 18.5 Å². The number of esters is 1. The fourth-order valence-corrected chi connectivity index (χ4v) is 2.55. The van der Waals surface area contributed by atoms with Crippen LogP contribution >= 0.6 is 0 Å². The van der Waals surface area contributed by atoms with Gasteiger partial charge in [0.05, 0.1) is 6.61 Å². The number of rotatable bonds is 8. The Hall–Kier alpha value is -3.80. The highest BCUT2D eigenvalue weighted by Gasteiger charge is 2.15. The second kappa shape index (κ2) is 9.94. The topological polar surface area (TPSA) is 73.9 Å². The second-order valence-electron chi connectivity index (χ2n) is 5.99. The van der Waals surface area contributed by atoms with Crippen LogP contribution in [0.4, 0.5) is 5.69 Å². The van der Waals surface area contributed by atoms with Gasteiger partial charge in [-0.15, -0.1) is 0 Å². The van der Waals surface area contributed by atoms with Gasteiger partial charge in [-0.2, -0.15) is 0 Å². The van der Waals surface area contributed by atoms with Crippen molar-refractivity contribution in [3.05, 3.63) is 84.4 Å². The van der Waals surface area contributed by atoms with Crippen LogP contribution in [0.15, 0.2) is 78.9 Å². The van der Waals surface area contributed by atoms with E-state index in [1.807, 2.05) is 37.3 Å². The molecule has 1 amide bonds. The minimum absolute atomic E-state index is 0.282. The molecule has 0 saturated carbocycles. The highest BCUT2D eigenvalue weighted by molar-refractivity contribution is 5.96. The lowest BCUT2D eigenvalue weighted by molar-refractivity contribution is -0.119. The third kappa shape index (κ3) is 5.84. The maximum Gasteiger partial charge on any atom is 0.342 e. The minimum atomic E-state index is -0.615. The Morgan fingerprint density at radius 3 is 2.21 bits per heavy atom. The Balaban J connectivity index is 1.51. The molecule has 0 radical (unpaired) electrons. The molecule has 0 aliphatic carbocycles. The quantitative estimate of drug-likeness (QED) is 0.565. The first-order chi connectivity index (χ1) is 14.2. The molecule has 3 rings (SSSR count). The SMILES string of the molecule is CCOc1ccccc1C(=O)OCC(=O)Nc1ccc(Oc2ccccc2)cc1. The second-order valence-corrected chi connectivity index (χ2v) is 5.99. The molecule has 0 bridgehead atoms. The molecule has 6 heteroatoms. The van der Waals surface area contributed by atoms with Gasteiger partial charge >= 0.3 is 5.97 Å². The van der Waals surface area contributed by atoms with Crippen molar-refractivity contribution in [3.8, 4) is 17.2 Å². The standard InChI is InChI=1S/C23H21NO5/c1-2-27-21-11-7-6-10-20(21)23(26)28-16-22(25)24-17-12-14-19(15-13-17)29-18-8-4-3-5-9-18/h3-15H,2,16H2,1H3,(H,24,25). The van der Waals surface area contributed by atoms with Gasteiger partial charge in [-0.1, -0.05) is 30.3 Å². The van der Waals surface area contributed by atoms with Gasteiger partial charge < -0.3 is 19.5 Å². The Kier molecular flexibility index (Phi) is 6.84. The average molecular weight is 391 g/mol. The molecule has 0 unspecified atom stereocenters. The number of hydrogen-bond donors (Lipinski definition) is 1. The van der Waals surface area contributed by atoms with Crippen LogP contribution in [0.2, 0.25) is 0 Å². The summed E-state index contributed by atoms with van der Waals surface area (Å²) in [6.07, 6.45) is 0. The van der Waals surface area contributed by atoms with E-state index in [9.17, 15) is 9.59 Å². The summed E-state index contributed by atoms with van der Waals surface area (Å²) in [5, 5.41) is 2.68. The molecule has 29 heavy (non-hydrogen) atoms. The highest BCUT2D eigenvalue weighted by atomic mass is 16.5. The zero-order valence-electron chi connectivity index (χ0n) is 16.0. The zero-order chi connectivity index (χ0) is 20.5. The molecule has 0 spiro atoms. The predicted octanol–water partition coefficient (Wildman–Crippen LogP) is 4.67. The third-order valence-corrected chi connectivity index (χ3v) is 3.86. The molecule has 0 fully saturated rings. The van der Waals surface area contributed by atoms with Gasteiger partial charge in [-0.3, -0.25) is 4.79 Å². The van der Waals surface area contributed by atoms with Gasteiger partial charge in [0.25, 0.3) is 5.91 Å². The maximum atomic E-state index is 12.2. The van der Waals surface area contributed by atoms with Crippen molar-refractivity contribution in [2.45, 2.75) is 6.92 Å². The summed E-state index contributed by atoms with van der Waals surface area (Å²) in [5.74, 6) is 0.742. The van der Waals surface area contributed by atoms with Crippen molar-refractivity contribution >= 4 is 17.6 Å². The van der Waals surface area contributed by atoms with Gasteiger partial charge in [0.15, 0.2) is 6.61 Å². The van der Waals surface area contributed by atoms with E-state index < -0.39 is 18.5 Å². The van der Waals surface area contributed by atoms with Crippen LogP contribution in [-0.2, 0) is 9.53 Å². The maximum absolute atomic E-state index is 12.2. The van der Waals surface area contributed by atoms with Gasteiger partial charge in [-0.25, -0.2) is 4.79 Å². The van der Waals surface area contributed by atoms with E-state index in [4.69, 9.17) is 14.2 Å². The summed E-state index contributed by atoms with van der Waals surface area (Å²) in [7, 11) is 0. The van der Waals surface area contributed by atoms with E-state index in [1.54, 1.807) is 48.5 Å². The number of ether oxygens (including phenoxy) is 3. The number of carbonyl (C=O) groups excluding carboxylic acids is 2. The van der Waals surface area contributed by atoms with E-state index in [0.717, 1.165) is 5.75 Å². The summed E-state index contributed by atoms with van der Waals surface area (Å²) in [6.45, 7) is 1.85. The van der Waals surface area contributed by atoms with Gasteiger partial charge in [0.2, 0.25) is 0 Å². The van der Waals surface area contributed by atoms with Crippen LogP contribution in [0, 0.1) is 0 Å². The Morgan fingerprint density at radius 1 is 0.828 bits per heavy atom. The van der Waals surface area contributed by atoms with E-state index in [-0.39, 0.29) is 5.56 Å². The summed E-state index contributed by atoms with van der Waals surface area (Å²) in [5.41, 5.74) is 0.853. The van der Waals surface area contributed by atoms with Gasteiger partial charge in [-0.05, 0) is 55.5 Å². The first-order valence-corrected chi connectivity index (χ1v) is 9.17. The number of carbonyl (C=O) groups is 2. The number of anilines is 1. The van der Waals surface area contributed by atoms with Crippen LogP contribution in [-0.4, -0.2) is 25.1 Å². The van der Waals surface area contributed by atoms with E-state index in [1.165, 1.54) is 0 Å². The zero-order valence-corrected chi connectivity index (χ0v) is 16.0. The van der Waals surface area contributed by atoms with Crippen LogP contribution in [0.5, 0.6) is 17.2 Å². The number of hydrogen-bond acceptors (Lipinski definition) is 5. The first kappa shape index (κ1) is 19.9. The van der Waals surface area contributed by atoms with Crippen molar-refractivity contribution in [1.29, 1.82) is 0 Å². The molecule has 3 aromatic carbocycles. The summed E-state index contributed by atoms with van der Waals surface area (Å²) < 4.78 is 16.2. The molecule has 0 aliphatic heterocycles. The molecule has 0 atom stereocenters. The Labute approximate surface area is 169 Å². The van der Waals surface area contributed by atoms with E-state index in [2.05, 4.69) is 5.32 Å². The first-order valence-electron chi connectivity index (χ1n) is 9.17. The molecule has 6 nitrogen and oxygen atoms in total. The van der Waals surface area contributed by atoms with E-state index >= 15 is 0 Å². The number of para-hydroxylation sites is 2. The van der Waals surface area contributed by atoms with Crippen molar-refractivity contribution in [2.24, 2.45) is 0 Å². The molecule has 0 aromatic heterocycles. The van der Waals surface area contributed by atoms with Crippen LogP contribution in [0.3, 0.4) is 0 Å². The number of amides is 1.